The third-order valence-electron chi connectivity index (χ3n) is 2.35. The second kappa shape index (κ2) is 6.50. The van der Waals surface area contributed by atoms with Crippen molar-refractivity contribution in [2.75, 3.05) is 13.7 Å². The Hall–Kier alpha value is -2.91. The molecule has 0 unspecified atom stereocenters. The van der Waals surface area contributed by atoms with Crippen LogP contribution in [0.4, 0.5) is 4.79 Å². The van der Waals surface area contributed by atoms with E-state index >= 15 is 0 Å². The number of nitrogens with one attached hydrogen (secondary N) is 2. The van der Waals surface area contributed by atoms with E-state index in [0.717, 1.165) is 0 Å². The normalized spacial score (nSPS) is 10.2. The summed E-state index contributed by atoms with van der Waals surface area (Å²) < 4.78 is 14.2. The first-order valence-electron chi connectivity index (χ1n) is 5.93. The van der Waals surface area contributed by atoms with Gasteiger partial charge in [-0.05, 0) is 6.92 Å². The van der Waals surface area contributed by atoms with E-state index in [1.54, 1.807) is 13.0 Å². The van der Waals surface area contributed by atoms with Crippen molar-refractivity contribution >= 4 is 12.0 Å². The molecule has 0 saturated carbocycles. The molecule has 0 aromatic carbocycles. The summed E-state index contributed by atoms with van der Waals surface area (Å²) in [5.74, 6) is 0.529. The Balaban J connectivity index is 1.83. The number of carbonyl (C=O) groups excluding carboxylic acids is 2. The number of carbonyl (C=O) groups is 2. The number of hydrogen-bond acceptors (Lipinski definition) is 8. The fourth-order valence-corrected chi connectivity index (χ4v) is 1.35. The molecule has 10 heteroatoms. The highest BCUT2D eigenvalue weighted by Crippen LogP contribution is 2.14. The summed E-state index contributed by atoms with van der Waals surface area (Å²) in [7, 11) is 1.23. The lowest BCUT2D eigenvalue weighted by Gasteiger charge is -2.03. The topological polar surface area (TPSA) is 132 Å². The summed E-state index contributed by atoms with van der Waals surface area (Å²) in [5, 5.41) is 12.2. The summed E-state index contributed by atoms with van der Waals surface area (Å²) in [4.78, 5) is 26.2. The number of aromatic nitrogens is 3. The van der Waals surface area contributed by atoms with Crippen LogP contribution in [0, 0.1) is 6.92 Å². The number of rotatable bonds is 5. The molecule has 2 rings (SSSR count). The molecule has 0 saturated heterocycles. The molecule has 112 valence electrons. The van der Waals surface area contributed by atoms with Crippen molar-refractivity contribution in [2.24, 2.45) is 0 Å². The molecule has 2 aromatic rings. The molecule has 2 amide bonds. The fraction of sp³-hybridized carbons (Fsp3) is 0.364. The van der Waals surface area contributed by atoms with Gasteiger partial charge < -0.3 is 24.4 Å². The molecule has 0 spiro atoms. The Labute approximate surface area is 118 Å². The van der Waals surface area contributed by atoms with Crippen LogP contribution in [0.5, 0.6) is 0 Å². The Kier molecular flexibility index (Phi) is 4.49. The van der Waals surface area contributed by atoms with Gasteiger partial charge in [0.1, 0.15) is 12.3 Å². The molecule has 2 aromatic heterocycles. The zero-order valence-corrected chi connectivity index (χ0v) is 11.4. The summed E-state index contributed by atoms with van der Waals surface area (Å²) in [6.07, 6.45) is 0. The predicted octanol–water partition coefficient (Wildman–Crippen LogP) is 0.00522. The van der Waals surface area contributed by atoms with E-state index in [1.807, 2.05) is 0 Å². The maximum Gasteiger partial charge on any atom is 0.325 e. The highest BCUT2D eigenvalue weighted by Gasteiger charge is 2.13. The second-order valence-corrected chi connectivity index (χ2v) is 3.95. The number of methoxy groups -OCH3 is 1. The van der Waals surface area contributed by atoms with E-state index in [-0.39, 0.29) is 24.8 Å². The van der Waals surface area contributed by atoms with E-state index < -0.39 is 12.0 Å². The minimum atomic E-state index is -0.558. The molecule has 10 nitrogen and oxygen atoms in total. The minimum absolute atomic E-state index is 0.0108. The first kappa shape index (κ1) is 14.5. The van der Waals surface area contributed by atoms with Crippen molar-refractivity contribution < 1.29 is 23.4 Å². The quantitative estimate of drug-likeness (QED) is 0.737. The van der Waals surface area contributed by atoms with Crippen LogP contribution in [-0.2, 0) is 16.1 Å². The molecule has 0 aliphatic carbocycles. The van der Waals surface area contributed by atoms with Crippen molar-refractivity contribution in [1.29, 1.82) is 0 Å². The molecule has 0 fully saturated rings. The number of nitrogens with zero attached hydrogens (tertiary/aromatic N) is 3. The summed E-state index contributed by atoms with van der Waals surface area (Å²) in [6.45, 7) is 1.52. The SMILES string of the molecule is COC(=O)CNC(=O)NCc1nc(-c2cc(C)on2)no1. The zero-order chi connectivity index (χ0) is 15.2. The van der Waals surface area contributed by atoms with Gasteiger partial charge in [0, 0.05) is 6.07 Å². The van der Waals surface area contributed by atoms with Crippen molar-refractivity contribution in [2.45, 2.75) is 13.5 Å². The van der Waals surface area contributed by atoms with E-state index in [2.05, 4.69) is 30.7 Å². The van der Waals surface area contributed by atoms with E-state index in [1.165, 1.54) is 7.11 Å². The first-order valence-corrected chi connectivity index (χ1v) is 5.93. The Morgan fingerprint density at radius 2 is 2.10 bits per heavy atom. The molecule has 0 aliphatic rings. The molecule has 0 aliphatic heterocycles. The van der Waals surface area contributed by atoms with Gasteiger partial charge in [0.2, 0.25) is 11.7 Å². The number of hydrogen-bond donors (Lipinski definition) is 2. The smallest absolute Gasteiger partial charge is 0.325 e. The second-order valence-electron chi connectivity index (χ2n) is 3.95. The van der Waals surface area contributed by atoms with Gasteiger partial charge in [0.05, 0.1) is 13.7 Å². The Morgan fingerprint density at radius 1 is 1.29 bits per heavy atom. The van der Waals surface area contributed by atoms with E-state index in [9.17, 15) is 9.59 Å². The van der Waals surface area contributed by atoms with Gasteiger partial charge in [-0.2, -0.15) is 4.98 Å². The van der Waals surface area contributed by atoms with Crippen LogP contribution < -0.4 is 10.6 Å². The van der Waals surface area contributed by atoms with Crippen LogP contribution in [0.15, 0.2) is 15.1 Å². The molecule has 2 heterocycles. The molecule has 2 N–H and O–H groups in total. The lowest BCUT2D eigenvalue weighted by molar-refractivity contribution is -0.139. The Bertz CT molecular complexity index is 634. The van der Waals surface area contributed by atoms with Crippen LogP contribution in [-0.4, -0.2) is 41.0 Å². The number of esters is 1. The lowest BCUT2D eigenvalue weighted by Crippen LogP contribution is -2.38. The number of aryl methyl sites for hydroxylation is 1. The van der Waals surface area contributed by atoms with E-state index in [4.69, 9.17) is 9.05 Å². The van der Waals surface area contributed by atoms with Crippen molar-refractivity contribution in [3.05, 3.63) is 17.7 Å². The highest BCUT2D eigenvalue weighted by atomic mass is 16.5. The van der Waals surface area contributed by atoms with Gasteiger partial charge in [-0.3, -0.25) is 4.79 Å². The van der Waals surface area contributed by atoms with Crippen LogP contribution in [0.2, 0.25) is 0 Å². The molecular formula is C11H13N5O5. The first-order chi connectivity index (χ1) is 10.1. The lowest BCUT2D eigenvalue weighted by atomic mass is 10.4. The van der Waals surface area contributed by atoms with Gasteiger partial charge in [-0.15, -0.1) is 0 Å². The van der Waals surface area contributed by atoms with E-state index in [0.29, 0.717) is 11.5 Å². The van der Waals surface area contributed by atoms with Gasteiger partial charge in [0.25, 0.3) is 0 Å². The maximum atomic E-state index is 11.4. The number of amides is 2. The molecule has 0 atom stereocenters. The van der Waals surface area contributed by atoms with Crippen molar-refractivity contribution in [3.63, 3.8) is 0 Å². The third kappa shape index (κ3) is 4.03. The van der Waals surface area contributed by atoms with Crippen LogP contribution in [0.25, 0.3) is 11.5 Å². The Morgan fingerprint density at radius 3 is 2.76 bits per heavy atom. The molecular weight excluding hydrogens is 282 g/mol. The average Bonchev–Trinajstić information content (AvgIpc) is 3.11. The number of ether oxygens (including phenoxy) is 1. The third-order valence-corrected chi connectivity index (χ3v) is 2.35. The fourth-order valence-electron chi connectivity index (χ4n) is 1.35. The highest BCUT2D eigenvalue weighted by molar-refractivity contribution is 5.80. The van der Waals surface area contributed by atoms with Crippen molar-refractivity contribution in [1.82, 2.24) is 25.9 Å². The summed E-state index contributed by atoms with van der Waals surface area (Å²) in [6, 6.07) is 1.10. The monoisotopic (exact) mass is 295 g/mol. The van der Waals surface area contributed by atoms with Gasteiger partial charge in [-0.1, -0.05) is 10.3 Å². The molecule has 21 heavy (non-hydrogen) atoms. The van der Waals surface area contributed by atoms with Gasteiger partial charge >= 0.3 is 12.0 Å². The van der Waals surface area contributed by atoms with Crippen LogP contribution in [0.3, 0.4) is 0 Å². The zero-order valence-electron chi connectivity index (χ0n) is 11.4. The van der Waals surface area contributed by atoms with Crippen LogP contribution >= 0.6 is 0 Å². The largest absolute Gasteiger partial charge is 0.468 e. The van der Waals surface area contributed by atoms with Crippen molar-refractivity contribution in [3.8, 4) is 11.5 Å². The molecule has 0 bridgehead atoms. The molecule has 0 radical (unpaired) electrons. The van der Waals surface area contributed by atoms with Crippen LogP contribution in [0.1, 0.15) is 11.7 Å². The maximum absolute atomic E-state index is 11.4. The summed E-state index contributed by atoms with van der Waals surface area (Å²) >= 11 is 0. The standard InChI is InChI=1S/C11H13N5O5/c1-6-3-7(15-20-6)10-14-8(21-16-10)4-12-11(18)13-5-9(17)19-2/h3H,4-5H2,1-2H3,(H2,12,13,18). The summed E-state index contributed by atoms with van der Waals surface area (Å²) in [5.41, 5.74) is 0.442. The number of urea groups is 1. The predicted molar refractivity (Wildman–Crippen MR) is 66.8 cm³/mol. The van der Waals surface area contributed by atoms with Gasteiger partial charge in [-0.25, -0.2) is 4.79 Å². The average molecular weight is 295 g/mol. The minimum Gasteiger partial charge on any atom is -0.468 e. The van der Waals surface area contributed by atoms with Gasteiger partial charge in [0.15, 0.2) is 5.69 Å².